The zero-order chi connectivity index (χ0) is 16.7. The third kappa shape index (κ3) is 7.21. The van der Waals surface area contributed by atoms with E-state index >= 15 is 0 Å². The second-order valence-corrected chi connectivity index (χ2v) is 11.9. The van der Waals surface area contributed by atoms with Crippen molar-refractivity contribution in [3.8, 4) is 0 Å². The Balaban J connectivity index is 4.31. The average Bonchev–Trinajstić information content (AvgIpc) is 2.38. The minimum absolute atomic E-state index is 0.0928. The molecule has 0 radical (unpaired) electrons. The molecule has 0 aliphatic carbocycles. The quantitative estimate of drug-likeness (QED) is 0.477. The summed E-state index contributed by atoms with van der Waals surface area (Å²) in [5, 5.41) is 19.8. The molecule has 0 fully saturated rings. The number of aliphatic hydroxyl groups is 2. The fraction of sp³-hybridized carbons (Fsp3) is 1.00. The summed E-state index contributed by atoms with van der Waals surface area (Å²) in [5.41, 5.74) is 0. The maximum Gasteiger partial charge on any atom is 0.191 e. The molecule has 0 heterocycles. The zero-order valence-corrected chi connectivity index (χ0v) is 15.7. The molecule has 0 aromatic heterocycles. The van der Waals surface area contributed by atoms with Gasteiger partial charge in [0.15, 0.2) is 14.6 Å². The Morgan fingerprint density at radius 2 is 1.62 bits per heavy atom. The van der Waals surface area contributed by atoms with Crippen molar-refractivity contribution >= 4 is 8.32 Å². The first kappa shape index (κ1) is 21.0. The molecule has 0 rings (SSSR count). The van der Waals surface area contributed by atoms with Crippen molar-refractivity contribution in [2.75, 3.05) is 27.4 Å². The molecule has 0 aromatic rings. The van der Waals surface area contributed by atoms with Gasteiger partial charge < -0.3 is 24.1 Å². The molecule has 2 N–H and O–H groups in total. The minimum atomic E-state index is -1.79. The lowest BCUT2D eigenvalue weighted by molar-refractivity contribution is -0.126. The van der Waals surface area contributed by atoms with Crippen LogP contribution in [0.4, 0.5) is 0 Å². The van der Waals surface area contributed by atoms with Crippen LogP contribution >= 0.6 is 0 Å². The maximum atomic E-state index is 10.2. The van der Waals surface area contributed by atoms with Gasteiger partial charge in [0, 0.05) is 39.8 Å². The van der Waals surface area contributed by atoms with E-state index in [1.807, 2.05) is 0 Å². The highest BCUT2D eigenvalue weighted by Gasteiger charge is 2.37. The topological polar surface area (TPSA) is 68.2 Å². The van der Waals surface area contributed by atoms with Gasteiger partial charge in [0.05, 0.1) is 6.10 Å². The molecule has 0 saturated heterocycles. The summed E-state index contributed by atoms with van der Waals surface area (Å²) < 4.78 is 16.3. The minimum Gasteiger partial charge on any atom is -0.417 e. The van der Waals surface area contributed by atoms with Crippen molar-refractivity contribution in [1.29, 1.82) is 0 Å². The van der Waals surface area contributed by atoms with Gasteiger partial charge in [-0.3, -0.25) is 0 Å². The Labute approximate surface area is 130 Å². The van der Waals surface area contributed by atoms with Crippen molar-refractivity contribution in [2.45, 2.75) is 64.1 Å². The van der Waals surface area contributed by atoms with E-state index < -0.39 is 20.7 Å². The number of rotatable bonds is 10. The number of hydrogen-bond donors (Lipinski definition) is 2. The van der Waals surface area contributed by atoms with E-state index in [-0.39, 0.29) is 17.6 Å². The van der Waals surface area contributed by atoms with Gasteiger partial charge in [0.1, 0.15) is 0 Å². The van der Waals surface area contributed by atoms with E-state index in [9.17, 15) is 10.2 Å². The Bertz CT molecular complexity index is 274. The van der Waals surface area contributed by atoms with Gasteiger partial charge in [0.2, 0.25) is 0 Å². The van der Waals surface area contributed by atoms with Gasteiger partial charge in [-0.2, -0.15) is 0 Å². The molecule has 0 saturated carbocycles. The van der Waals surface area contributed by atoms with Gasteiger partial charge in [-0.1, -0.05) is 20.8 Å². The summed E-state index contributed by atoms with van der Waals surface area (Å²) in [6.07, 6.45) is -0.0477. The van der Waals surface area contributed by atoms with Crippen molar-refractivity contribution in [3.63, 3.8) is 0 Å². The van der Waals surface area contributed by atoms with E-state index in [0.717, 1.165) is 0 Å². The molecule has 0 aliphatic rings. The fourth-order valence-corrected chi connectivity index (χ4v) is 2.84. The van der Waals surface area contributed by atoms with Crippen LogP contribution in [-0.2, 0) is 13.9 Å². The fourth-order valence-electron chi connectivity index (χ4n) is 1.78. The largest absolute Gasteiger partial charge is 0.417 e. The number of ether oxygens (including phenoxy) is 2. The molecule has 0 aromatic carbocycles. The summed E-state index contributed by atoms with van der Waals surface area (Å²) in [6, 6.07) is 0. The summed E-state index contributed by atoms with van der Waals surface area (Å²) in [6.45, 7) is 11.4. The summed E-state index contributed by atoms with van der Waals surface area (Å²) >= 11 is 0. The van der Waals surface area contributed by atoms with Crippen molar-refractivity contribution in [2.24, 2.45) is 5.92 Å². The molecule has 0 aliphatic heterocycles. The van der Waals surface area contributed by atoms with Gasteiger partial charge in [-0.25, -0.2) is 0 Å². The van der Waals surface area contributed by atoms with E-state index in [1.54, 1.807) is 14.2 Å². The highest BCUT2D eigenvalue weighted by Crippen LogP contribution is 2.36. The predicted octanol–water partition coefficient (Wildman–Crippen LogP) is 2.38. The standard InChI is InChI=1S/C15H34O5Si/c1-15(2,3)21(6,7)20-9-8-13(17)12(11-16)10-14(18-4)19-5/h12-14,16-17H,8-11H2,1-7H3/t12-,13-/m1/s1. The number of aliphatic hydroxyl groups excluding tert-OH is 2. The second-order valence-electron chi connectivity index (χ2n) is 7.04. The second kappa shape index (κ2) is 9.22. The van der Waals surface area contributed by atoms with Crippen LogP contribution in [0.15, 0.2) is 0 Å². The van der Waals surface area contributed by atoms with E-state index in [0.29, 0.717) is 19.4 Å². The molecular weight excluding hydrogens is 288 g/mol. The highest BCUT2D eigenvalue weighted by molar-refractivity contribution is 6.74. The molecule has 0 spiro atoms. The van der Waals surface area contributed by atoms with Crippen molar-refractivity contribution < 1.29 is 24.1 Å². The molecule has 0 unspecified atom stereocenters. The lowest BCUT2D eigenvalue weighted by Gasteiger charge is -2.36. The SMILES string of the molecule is COC(C[C@H](CO)[C@H](O)CCO[Si](C)(C)C(C)(C)C)OC. The van der Waals surface area contributed by atoms with Crippen LogP contribution in [0, 0.1) is 5.92 Å². The van der Waals surface area contributed by atoms with E-state index in [4.69, 9.17) is 13.9 Å². The third-order valence-electron chi connectivity index (χ3n) is 4.48. The predicted molar refractivity (Wildman–Crippen MR) is 86.8 cm³/mol. The summed E-state index contributed by atoms with van der Waals surface area (Å²) in [4.78, 5) is 0. The van der Waals surface area contributed by atoms with E-state index in [1.165, 1.54) is 0 Å². The summed E-state index contributed by atoms with van der Waals surface area (Å²) in [5.74, 6) is -0.266. The number of methoxy groups -OCH3 is 2. The van der Waals surface area contributed by atoms with Crippen molar-refractivity contribution in [1.82, 2.24) is 0 Å². The van der Waals surface area contributed by atoms with Gasteiger partial charge >= 0.3 is 0 Å². The normalized spacial score (nSPS) is 16.3. The smallest absolute Gasteiger partial charge is 0.191 e. The lowest BCUT2D eigenvalue weighted by Crippen LogP contribution is -2.41. The van der Waals surface area contributed by atoms with Crippen LogP contribution in [0.2, 0.25) is 18.1 Å². The Kier molecular flexibility index (Phi) is 9.23. The van der Waals surface area contributed by atoms with Gasteiger partial charge in [-0.05, 0) is 24.6 Å². The highest BCUT2D eigenvalue weighted by atomic mass is 28.4. The maximum absolute atomic E-state index is 10.2. The molecule has 0 amide bonds. The van der Waals surface area contributed by atoms with Crippen LogP contribution < -0.4 is 0 Å². The molecule has 128 valence electrons. The van der Waals surface area contributed by atoms with Crippen LogP contribution in [0.5, 0.6) is 0 Å². The average molecular weight is 323 g/mol. The van der Waals surface area contributed by atoms with Crippen LogP contribution in [-0.4, -0.2) is 58.4 Å². The van der Waals surface area contributed by atoms with E-state index in [2.05, 4.69) is 33.9 Å². The van der Waals surface area contributed by atoms with Crippen LogP contribution in [0.25, 0.3) is 0 Å². The molecule has 0 bridgehead atoms. The zero-order valence-electron chi connectivity index (χ0n) is 14.7. The Morgan fingerprint density at radius 1 is 1.10 bits per heavy atom. The van der Waals surface area contributed by atoms with Crippen LogP contribution in [0.1, 0.15) is 33.6 Å². The molecule has 5 nitrogen and oxygen atoms in total. The van der Waals surface area contributed by atoms with Gasteiger partial charge in [-0.15, -0.1) is 0 Å². The molecular formula is C15H34O5Si. The summed E-state index contributed by atoms with van der Waals surface area (Å²) in [7, 11) is 1.32. The molecule has 2 atom stereocenters. The molecule has 6 heteroatoms. The monoisotopic (exact) mass is 322 g/mol. The van der Waals surface area contributed by atoms with Crippen molar-refractivity contribution in [3.05, 3.63) is 0 Å². The molecule has 21 heavy (non-hydrogen) atoms. The first-order chi connectivity index (χ1) is 9.59. The lowest BCUT2D eigenvalue weighted by atomic mass is 9.97. The third-order valence-corrected chi connectivity index (χ3v) is 9.02. The van der Waals surface area contributed by atoms with Crippen LogP contribution in [0.3, 0.4) is 0 Å². The number of hydrogen-bond acceptors (Lipinski definition) is 5. The Morgan fingerprint density at radius 3 is 2.00 bits per heavy atom. The Hall–Kier alpha value is 0.0169. The first-order valence-electron chi connectivity index (χ1n) is 7.57. The van der Waals surface area contributed by atoms with Gasteiger partial charge in [0.25, 0.3) is 0 Å². The first-order valence-corrected chi connectivity index (χ1v) is 10.5.